The summed E-state index contributed by atoms with van der Waals surface area (Å²) in [6, 6.07) is 17.0. The number of aliphatic hydroxyl groups is 1. The number of anilines is 3. The van der Waals surface area contributed by atoms with Crippen LogP contribution in [0.2, 0.25) is 0 Å². The molecule has 0 spiro atoms. The Morgan fingerprint density at radius 1 is 0.846 bits per heavy atom. The number of hydrogen-bond acceptors (Lipinski definition) is 8. The molecule has 1 heterocycles. The molecule has 3 aromatic carbocycles. The third kappa shape index (κ3) is 5.73. The molecule has 2 atom stereocenters. The predicted molar refractivity (Wildman–Crippen MR) is 160 cm³/mol. The van der Waals surface area contributed by atoms with Gasteiger partial charge in [-0.05, 0) is 49.1 Å². The molecule has 4 rings (SSSR count). The lowest BCUT2D eigenvalue weighted by Crippen LogP contribution is -2.29. The van der Waals surface area contributed by atoms with Crippen LogP contribution in [0.15, 0.2) is 54.6 Å². The highest BCUT2D eigenvalue weighted by atomic mass is 32.2. The number of aromatic nitrogens is 1. The molecule has 0 amide bonds. The maximum Gasteiger partial charge on any atom is 0.168 e. The first-order chi connectivity index (χ1) is 18.4. The van der Waals surface area contributed by atoms with Crippen LogP contribution < -0.4 is 10.6 Å². The number of para-hydroxylation sites is 2. The van der Waals surface area contributed by atoms with E-state index in [1.54, 1.807) is 19.9 Å². The van der Waals surface area contributed by atoms with E-state index in [0.717, 1.165) is 33.7 Å². The van der Waals surface area contributed by atoms with Crippen molar-refractivity contribution >= 4 is 58.5 Å². The number of benzene rings is 3. The maximum atomic E-state index is 13.1. The van der Waals surface area contributed by atoms with Gasteiger partial charge in [-0.15, -0.1) is 0 Å². The molecule has 2 unspecified atom stereocenters. The van der Waals surface area contributed by atoms with Crippen molar-refractivity contribution in [1.82, 2.24) is 4.98 Å². The van der Waals surface area contributed by atoms with Gasteiger partial charge in [0, 0.05) is 40.2 Å². The molecule has 0 aliphatic heterocycles. The molecule has 208 valence electrons. The fourth-order valence-electron chi connectivity index (χ4n) is 5.14. The highest BCUT2D eigenvalue weighted by Gasteiger charge is 2.31. The Morgan fingerprint density at radius 3 is 1.87 bits per heavy atom. The van der Waals surface area contributed by atoms with Crippen molar-refractivity contribution in [3.63, 3.8) is 0 Å². The molecule has 0 fully saturated rings. The van der Waals surface area contributed by atoms with Crippen LogP contribution in [0.4, 0.5) is 17.1 Å². The average molecular weight is 570 g/mol. The van der Waals surface area contributed by atoms with Crippen molar-refractivity contribution in [2.45, 2.75) is 50.8 Å². The zero-order chi connectivity index (χ0) is 28.5. The summed E-state index contributed by atoms with van der Waals surface area (Å²) in [5.41, 5.74) is 4.86. The molecule has 0 aliphatic rings. The Morgan fingerprint density at radius 2 is 1.41 bits per heavy atom. The van der Waals surface area contributed by atoms with Crippen molar-refractivity contribution in [2.75, 3.05) is 23.1 Å². The van der Waals surface area contributed by atoms with Crippen LogP contribution >= 0.6 is 0 Å². The summed E-state index contributed by atoms with van der Waals surface area (Å²) >= 11 is 0. The molecule has 3 N–H and O–H groups in total. The van der Waals surface area contributed by atoms with Gasteiger partial charge in [0.2, 0.25) is 0 Å². The van der Waals surface area contributed by atoms with Crippen LogP contribution in [0.25, 0.3) is 21.8 Å². The largest absolute Gasteiger partial charge is 0.392 e. The lowest BCUT2D eigenvalue weighted by atomic mass is 9.95. The summed E-state index contributed by atoms with van der Waals surface area (Å²) in [5.74, 6) is 0. The summed E-state index contributed by atoms with van der Waals surface area (Å²) in [6.07, 6.45) is 2.89. The Labute approximate surface area is 230 Å². The van der Waals surface area contributed by atoms with Crippen molar-refractivity contribution < 1.29 is 21.9 Å². The van der Waals surface area contributed by atoms with E-state index >= 15 is 0 Å². The zero-order valence-corrected chi connectivity index (χ0v) is 24.4. The van der Waals surface area contributed by atoms with Gasteiger partial charge in [-0.3, -0.25) is 0 Å². The minimum absolute atomic E-state index is 0.271. The fourth-order valence-corrected chi connectivity index (χ4v) is 7.37. The minimum atomic E-state index is -3.61. The zero-order valence-electron chi connectivity index (χ0n) is 22.8. The van der Waals surface area contributed by atoms with Gasteiger partial charge in [-0.2, -0.15) is 0 Å². The molecule has 0 saturated carbocycles. The molecular weight excluding hydrogens is 534 g/mol. The van der Waals surface area contributed by atoms with E-state index in [1.165, 1.54) is 6.26 Å². The predicted octanol–water partition coefficient (Wildman–Crippen LogP) is 5.62. The van der Waals surface area contributed by atoms with Gasteiger partial charge in [0.1, 0.15) is 5.37 Å². The van der Waals surface area contributed by atoms with Gasteiger partial charge < -0.3 is 15.7 Å². The van der Waals surface area contributed by atoms with Gasteiger partial charge in [0.15, 0.2) is 19.7 Å². The number of pyridine rings is 1. The molecule has 1 aromatic heterocycles. The number of nitrogens with zero attached hydrogens (tertiary/aromatic N) is 1. The second-order valence-corrected chi connectivity index (χ2v) is 14.4. The summed E-state index contributed by atoms with van der Waals surface area (Å²) in [4.78, 5) is 4.79. The minimum Gasteiger partial charge on any atom is -0.392 e. The van der Waals surface area contributed by atoms with Crippen molar-refractivity contribution in [2.24, 2.45) is 0 Å². The van der Waals surface area contributed by atoms with E-state index in [2.05, 4.69) is 10.6 Å². The first-order valence-corrected chi connectivity index (χ1v) is 16.8. The van der Waals surface area contributed by atoms with Crippen molar-refractivity contribution in [1.29, 1.82) is 0 Å². The number of fused-ring (bicyclic) bond motifs is 2. The topological polar surface area (TPSA) is 125 Å². The van der Waals surface area contributed by atoms with Crippen molar-refractivity contribution in [3.8, 4) is 0 Å². The fraction of sp³-hybridized carbons (Fsp3) is 0.345. The molecule has 0 aliphatic carbocycles. The SMILES string of the molecule is CCC(Nc1cc(CO)c(C)c(Nc2c3ccccc3nc3ccccc23)c1C(CC)S(C)(=O)=O)S(C)(=O)=O. The van der Waals surface area contributed by atoms with E-state index in [9.17, 15) is 21.9 Å². The monoisotopic (exact) mass is 569 g/mol. The number of aliphatic hydroxyl groups excluding tert-OH is 1. The molecule has 4 aromatic rings. The Kier molecular flexibility index (Phi) is 8.20. The van der Waals surface area contributed by atoms with Crippen LogP contribution in [0.5, 0.6) is 0 Å². The normalized spacial score (nSPS) is 13.9. The molecule has 0 saturated heterocycles. The van der Waals surface area contributed by atoms with Crippen LogP contribution in [-0.4, -0.2) is 44.8 Å². The second kappa shape index (κ2) is 11.1. The lowest BCUT2D eigenvalue weighted by molar-refractivity contribution is 0.281. The van der Waals surface area contributed by atoms with E-state index in [-0.39, 0.29) is 19.4 Å². The van der Waals surface area contributed by atoms with Crippen LogP contribution in [0.3, 0.4) is 0 Å². The number of rotatable bonds is 10. The van der Waals surface area contributed by atoms with Crippen LogP contribution in [0, 0.1) is 6.92 Å². The van der Waals surface area contributed by atoms with E-state index in [0.29, 0.717) is 28.1 Å². The smallest absolute Gasteiger partial charge is 0.168 e. The van der Waals surface area contributed by atoms with Crippen molar-refractivity contribution in [3.05, 3.63) is 71.3 Å². The Balaban J connectivity index is 2.10. The first kappa shape index (κ1) is 28.8. The molecular formula is C29H35N3O5S2. The third-order valence-corrected chi connectivity index (χ3v) is 10.2. The first-order valence-electron chi connectivity index (χ1n) is 12.9. The maximum absolute atomic E-state index is 13.1. The Bertz CT molecular complexity index is 1700. The van der Waals surface area contributed by atoms with Gasteiger partial charge in [-0.1, -0.05) is 50.2 Å². The van der Waals surface area contributed by atoms with Gasteiger partial charge in [0.05, 0.1) is 28.6 Å². The molecule has 0 radical (unpaired) electrons. The van der Waals surface area contributed by atoms with E-state index in [4.69, 9.17) is 4.98 Å². The summed E-state index contributed by atoms with van der Waals surface area (Å²) in [7, 11) is -7.12. The van der Waals surface area contributed by atoms with E-state index in [1.807, 2.05) is 55.5 Å². The number of nitrogens with one attached hydrogen (secondary N) is 2. The molecule has 39 heavy (non-hydrogen) atoms. The Hall–Kier alpha value is -3.21. The number of sulfone groups is 2. The summed E-state index contributed by atoms with van der Waals surface area (Å²) in [6.45, 7) is 5.07. The average Bonchev–Trinajstić information content (AvgIpc) is 2.88. The van der Waals surface area contributed by atoms with Gasteiger partial charge in [0.25, 0.3) is 0 Å². The quantitative estimate of drug-likeness (QED) is 0.210. The summed E-state index contributed by atoms with van der Waals surface area (Å²) < 4.78 is 51.4. The number of hydrogen-bond donors (Lipinski definition) is 3. The van der Waals surface area contributed by atoms with Crippen LogP contribution in [-0.2, 0) is 26.3 Å². The molecule has 0 bridgehead atoms. The van der Waals surface area contributed by atoms with E-state index < -0.39 is 30.3 Å². The highest BCUT2D eigenvalue weighted by Crippen LogP contribution is 2.44. The third-order valence-electron chi connectivity index (χ3n) is 7.16. The van der Waals surface area contributed by atoms with Gasteiger partial charge >= 0.3 is 0 Å². The summed E-state index contributed by atoms with van der Waals surface area (Å²) in [5, 5.41) is 16.8. The standard InChI is InChI=1S/C29H35N3O5S2/c1-6-25(38(4,34)35)27-24(31-26(7-2)39(5,36)37)16-19(17-33)18(3)28(27)32-29-20-12-8-10-14-22(20)30-23-15-11-9-13-21(23)29/h8-16,25-26,31,33H,6-7,17H2,1-5H3,(H,30,32). The second-order valence-electron chi connectivity index (χ2n) is 9.90. The molecule has 10 heteroatoms. The van der Waals surface area contributed by atoms with Gasteiger partial charge in [-0.25, -0.2) is 21.8 Å². The van der Waals surface area contributed by atoms with Crippen LogP contribution in [0.1, 0.15) is 48.6 Å². The highest BCUT2D eigenvalue weighted by molar-refractivity contribution is 7.91. The molecule has 8 nitrogen and oxygen atoms in total. The lowest BCUT2D eigenvalue weighted by Gasteiger charge is -2.28.